The lowest BCUT2D eigenvalue weighted by Crippen LogP contribution is -2.00. The Labute approximate surface area is 315 Å². The second-order valence-electron chi connectivity index (χ2n) is 13.7. The van der Waals surface area contributed by atoms with Gasteiger partial charge >= 0.3 is 0 Å². The van der Waals surface area contributed by atoms with Crippen molar-refractivity contribution in [3.63, 3.8) is 0 Å². The Bertz CT molecular complexity index is 3200. The van der Waals surface area contributed by atoms with Crippen LogP contribution in [0.5, 0.6) is 0 Å². The smallest absolute Gasteiger partial charge is 0.164 e. The summed E-state index contributed by atoms with van der Waals surface area (Å²) in [6, 6.07) is 64.5. The van der Waals surface area contributed by atoms with Crippen molar-refractivity contribution in [1.82, 2.24) is 19.5 Å². The molecule has 252 valence electrons. The second-order valence-corrected chi connectivity index (χ2v) is 14.8. The Hall–Kier alpha value is -6.95. The van der Waals surface area contributed by atoms with Crippen LogP contribution in [-0.2, 0) is 0 Å². The zero-order valence-electron chi connectivity index (χ0n) is 29.0. The van der Waals surface area contributed by atoms with E-state index in [-0.39, 0.29) is 0 Å². The molecular weight excluding hydrogens is 677 g/mol. The zero-order valence-corrected chi connectivity index (χ0v) is 29.8. The van der Waals surface area contributed by atoms with Crippen molar-refractivity contribution in [3.05, 3.63) is 182 Å². The first-order valence-corrected chi connectivity index (χ1v) is 18.9. The van der Waals surface area contributed by atoms with Crippen LogP contribution in [-0.4, -0.2) is 19.5 Å². The van der Waals surface area contributed by atoms with Crippen LogP contribution in [0.25, 0.3) is 104 Å². The van der Waals surface area contributed by atoms with Gasteiger partial charge in [-0.25, -0.2) is 15.0 Å². The van der Waals surface area contributed by atoms with Gasteiger partial charge in [0.05, 0.1) is 11.0 Å². The fourth-order valence-electron chi connectivity index (χ4n) is 7.76. The molecule has 0 saturated carbocycles. The third-order valence-corrected chi connectivity index (χ3v) is 11.6. The van der Waals surface area contributed by atoms with Crippen molar-refractivity contribution in [1.29, 1.82) is 0 Å². The molecule has 4 nitrogen and oxygen atoms in total. The van der Waals surface area contributed by atoms with Gasteiger partial charge in [0.1, 0.15) is 0 Å². The summed E-state index contributed by atoms with van der Waals surface area (Å²) in [4.78, 5) is 15.3. The number of hydrogen-bond acceptors (Lipinski definition) is 4. The lowest BCUT2D eigenvalue weighted by molar-refractivity contribution is 1.07. The number of benzene rings is 8. The van der Waals surface area contributed by atoms with Gasteiger partial charge in [-0.15, -0.1) is 11.3 Å². The molecule has 0 amide bonds. The molecule has 0 unspecified atom stereocenters. The van der Waals surface area contributed by atoms with Crippen molar-refractivity contribution in [2.75, 3.05) is 0 Å². The zero-order chi connectivity index (χ0) is 35.6. The fraction of sp³-hybridized carbons (Fsp3) is 0. The Morgan fingerprint density at radius 3 is 1.63 bits per heavy atom. The SMILES string of the molecule is c1ccc(-c2ccc(-c3nc(-c4ccc(-n5c6ccccc6c6cc7ccccc7cc65)cc4)nc(-c4ccc5c(c4)sc4ccccc45)n3)cc2)cc1. The van der Waals surface area contributed by atoms with Crippen molar-refractivity contribution in [2.24, 2.45) is 0 Å². The molecule has 0 N–H and O–H groups in total. The van der Waals surface area contributed by atoms with E-state index in [4.69, 9.17) is 15.0 Å². The lowest BCUT2D eigenvalue weighted by atomic mass is 10.0. The third-order valence-electron chi connectivity index (χ3n) is 10.4. The van der Waals surface area contributed by atoms with Crippen molar-refractivity contribution < 1.29 is 0 Å². The number of para-hydroxylation sites is 1. The topological polar surface area (TPSA) is 43.6 Å². The number of fused-ring (bicyclic) bond motifs is 7. The van der Waals surface area contributed by atoms with Crippen molar-refractivity contribution >= 4 is 64.1 Å². The van der Waals surface area contributed by atoms with E-state index in [1.807, 2.05) is 6.07 Å². The van der Waals surface area contributed by atoms with Crippen LogP contribution >= 0.6 is 11.3 Å². The van der Waals surface area contributed by atoms with Gasteiger partial charge in [0, 0.05) is 53.3 Å². The number of hydrogen-bond donors (Lipinski definition) is 0. The first-order chi connectivity index (χ1) is 26.7. The van der Waals surface area contributed by atoms with Crippen LogP contribution in [0.15, 0.2) is 182 Å². The molecule has 0 aliphatic rings. The maximum absolute atomic E-state index is 5.13. The summed E-state index contributed by atoms with van der Waals surface area (Å²) < 4.78 is 4.85. The maximum atomic E-state index is 5.13. The molecule has 0 saturated heterocycles. The molecule has 0 aliphatic heterocycles. The highest BCUT2D eigenvalue weighted by molar-refractivity contribution is 7.25. The van der Waals surface area contributed by atoms with Crippen LogP contribution in [0.4, 0.5) is 0 Å². The summed E-state index contributed by atoms with van der Waals surface area (Å²) in [5.74, 6) is 1.93. The first kappa shape index (κ1) is 30.7. The van der Waals surface area contributed by atoms with Crippen LogP contribution in [0.3, 0.4) is 0 Å². The highest BCUT2D eigenvalue weighted by Crippen LogP contribution is 2.38. The van der Waals surface area contributed by atoms with E-state index in [0.717, 1.165) is 27.9 Å². The Kier molecular flexibility index (Phi) is 7.00. The van der Waals surface area contributed by atoms with Gasteiger partial charge in [0.15, 0.2) is 17.5 Å². The van der Waals surface area contributed by atoms with E-state index >= 15 is 0 Å². The predicted octanol–water partition coefficient (Wildman–Crippen LogP) is 13.2. The molecule has 0 bridgehead atoms. The summed E-state index contributed by atoms with van der Waals surface area (Å²) in [5.41, 5.74) is 8.61. The summed E-state index contributed by atoms with van der Waals surface area (Å²) >= 11 is 1.80. The average Bonchev–Trinajstić information content (AvgIpc) is 3.78. The first-order valence-electron chi connectivity index (χ1n) is 18.1. The molecule has 0 spiro atoms. The van der Waals surface area contributed by atoms with Gasteiger partial charge in [-0.3, -0.25) is 0 Å². The summed E-state index contributed by atoms with van der Waals surface area (Å²) in [7, 11) is 0. The molecule has 0 fully saturated rings. The van der Waals surface area contributed by atoms with E-state index in [2.05, 4.69) is 180 Å². The second kappa shape index (κ2) is 12.3. The summed E-state index contributed by atoms with van der Waals surface area (Å²) in [6.07, 6.45) is 0. The minimum Gasteiger partial charge on any atom is -0.309 e. The molecule has 0 atom stereocenters. The van der Waals surface area contributed by atoms with Gasteiger partial charge < -0.3 is 4.57 Å². The molecule has 0 radical (unpaired) electrons. The molecular formula is C49H30N4S. The number of nitrogens with zero attached hydrogens (tertiary/aromatic N) is 4. The largest absolute Gasteiger partial charge is 0.309 e. The van der Waals surface area contributed by atoms with Crippen LogP contribution in [0.1, 0.15) is 0 Å². The van der Waals surface area contributed by atoms with E-state index in [9.17, 15) is 0 Å². The van der Waals surface area contributed by atoms with Crippen molar-refractivity contribution in [2.45, 2.75) is 0 Å². The normalized spacial score (nSPS) is 11.7. The Balaban J connectivity index is 1.05. The Morgan fingerprint density at radius 2 is 0.870 bits per heavy atom. The summed E-state index contributed by atoms with van der Waals surface area (Å²) in [6.45, 7) is 0. The highest BCUT2D eigenvalue weighted by atomic mass is 32.1. The molecule has 3 heterocycles. The number of rotatable bonds is 5. The standard InChI is InChI=1S/C49H30N4S/c1-2-10-31(11-3-1)32-18-20-33(21-19-32)47-50-48(52-49(51-47)37-24-27-41-40-15-7-9-17-45(40)54-46(41)30-37)34-22-25-38(26-23-34)53-43-16-8-6-14-39(43)42-28-35-12-4-5-13-36(35)29-44(42)53/h1-30H. The van der Waals surface area contributed by atoms with E-state index < -0.39 is 0 Å². The molecule has 5 heteroatoms. The molecule has 11 rings (SSSR count). The van der Waals surface area contributed by atoms with Gasteiger partial charge in [-0.05, 0) is 76.5 Å². The monoisotopic (exact) mass is 706 g/mol. The molecule has 8 aromatic carbocycles. The molecule has 3 aromatic heterocycles. The van der Waals surface area contributed by atoms with E-state index in [1.54, 1.807) is 11.3 Å². The summed E-state index contributed by atoms with van der Waals surface area (Å²) in [5, 5.41) is 7.47. The predicted molar refractivity (Wildman–Crippen MR) is 226 cm³/mol. The number of thiophene rings is 1. The Morgan fingerprint density at radius 1 is 0.333 bits per heavy atom. The maximum Gasteiger partial charge on any atom is 0.164 e. The molecule has 11 aromatic rings. The minimum atomic E-state index is 0.637. The molecule has 54 heavy (non-hydrogen) atoms. The molecule has 0 aliphatic carbocycles. The lowest BCUT2D eigenvalue weighted by Gasteiger charge is -2.11. The van der Waals surface area contributed by atoms with Crippen LogP contribution in [0.2, 0.25) is 0 Å². The third kappa shape index (κ3) is 5.09. The van der Waals surface area contributed by atoms with Gasteiger partial charge in [0.25, 0.3) is 0 Å². The van der Waals surface area contributed by atoms with Gasteiger partial charge in [-0.2, -0.15) is 0 Å². The highest BCUT2D eigenvalue weighted by Gasteiger charge is 2.17. The van der Waals surface area contributed by atoms with Crippen LogP contribution < -0.4 is 0 Å². The average molecular weight is 707 g/mol. The van der Waals surface area contributed by atoms with E-state index in [1.165, 1.54) is 58.3 Å². The minimum absolute atomic E-state index is 0.637. The van der Waals surface area contributed by atoms with Gasteiger partial charge in [-0.1, -0.05) is 127 Å². The van der Waals surface area contributed by atoms with E-state index in [0.29, 0.717) is 17.5 Å². The van der Waals surface area contributed by atoms with Crippen molar-refractivity contribution in [3.8, 4) is 51.0 Å². The van der Waals surface area contributed by atoms with Gasteiger partial charge in [0.2, 0.25) is 0 Å². The van der Waals surface area contributed by atoms with Crippen LogP contribution in [0, 0.1) is 0 Å². The quantitative estimate of drug-likeness (QED) is 0.179. The number of aromatic nitrogens is 4. The fourth-order valence-corrected chi connectivity index (χ4v) is 8.91.